The molecule has 0 atom stereocenters. The fourth-order valence-corrected chi connectivity index (χ4v) is 4.33. The number of rotatable bonds is 8. The molecule has 4 N–H and O–H groups in total. The van der Waals surface area contributed by atoms with Crippen LogP contribution in [-0.4, -0.2) is 34.0 Å². The summed E-state index contributed by atoms with van der Waals surface area (Å²) in [4.78, 5) is 6.27. The summed E-state index contributed by atoms with van der Waals surface area (Å²) in [6.07, 6.45) is 2.06. The van der Waals surface area contributed by atoms with Crippen LogP contribution in [0, 0.1) is 13.8 Å². The van der Waals surface area contributed by atoms with Crippen LogP contribution in [0.3, 0.4) is 0 Å². The molecule has 0 aliphatic rings. The lowest BCUT2D eigenvalue weighted by Gasteiger charge is -2.08. The third kappa shape index (κ3) is 6.03. The van der Waals surface area contributed by atoms with E-state index in [9.17, 15) is 8.42 Å². The Labute approximate surface area is 130 Å². The molecule has 8 heteroatoms. The molecule has 0 radical (unpaired) electrons. The number of nitrogens with two attached hydrogens (primary N) is 1. The van der Waals surface area contributed by atoms with Gasteiger partial charge in [-0.2, -0.15) is 0 Å². The first-order valence-corrected chi connectivity index (χ1v) is 9.27. The van der Waals surface area contributed by atoms with E-state index in [1.165, 1.54) is 11.3 Å². The van der Waals surface area contributed by atoms with E-state index in [2.05, 4.69) is 22.0 Å². The van der Waals surface area contributed by atoms with E-state index in [0.717, 1.165) is 22.6 Å². The van der Waals surface area contributed by atoms with Crippen molar-refractivity contribution in [1.82, 2.24) is 10.0 Å². The van der Waals surface area contributed by atoms with Gasteiger partial charge in [-0.1, -0.05) is 13.3 Å². The molecule has 21 heavy (non-hydrogen) atoms. The van der Waals surface area contributed by atoms with E-state index < -0.39 is 10.0 Å². The maximum absolute atomic E-state index is 12.1. The summed E-state index contributed by atoms with van der Waals surface area (Å²) in [6, 6.07) is 1.69. The van der Waals surface area contributed by atoms with Crippen molar-refractivity contribution < 1.29 is 8.42 Å². The predicted molar refractivity (Wildman–Crippen MR) is 88.4 cm³/mol. The second-order valence-electron chi connectivity index (χ2n) is 4.72. The van der Waals surface area contributed by atoms with Gasteiger partial charge in [-0.05, 0) is 26.3 Å². The summed E-state index contributed by atoms with van der Waals surface area (Å²) in [6.45, 7) is 7.15. The van der Waals surface area contributed by atoms with Crippen LogP contribution in [0.2, 0.25) is 0 Å². The average Bonchev–Trinajstić information content (AvgIpc) is 2.75. The smallest absolute Gasteiger partial charge is 0.241 e. The maximum Gasteiger partial charge on any atom is 0.241 e. The number of aliphatic imine (C=N–C) groups is 1. The van der Waals surface area contributed by atoms with E-state index >= 15 is 0 Å². The van der Waals surface area contributed by atoms with Gasteiger partial charge in [0.15, 0.2) is 5.96 Å². The van der Waals surface area contributed by atoms with Crippen LogP contribution in [0.5, 0.6) is 0 Å². The third-order valence-electron chi connectivity index (χ3n) is 2.80. The van der Waals surface area contributed by atoms with Crippen LogP contribution in [0.1, 0.15) is 29.5 Å². The Balaban J connectivity index is 2.42. The van der Waals surface area contributed by atoms with Crippen molar-refractivity contribution in [3.8, 4) is 0 Å². The van der Waals surface area contributed by atoms with Crippen LogP contribution in [0.15, 0.2) is 16.0 Å². The first-order valence-electron chi connectivity index (χ1n) is 6.97. The van der Waals surface area contributed by atoms with Crippen molar-refractivity contribution in [1.29, 1.82) is 0 Å². The normalized spacial score (nSPS) is 12.6. The standard InChI is InChI=1S/C13H24N4O2S2/c1-4-5-6-15-13(14)16-7-8-17-21(18,19)12-9-10(2)20-11(12)3/h9,17H,4-8H2,1-3H3,(H3,14,15,16). The number of sulfonamides is 1. The van der Waals surface area contributed by atoms with Gasteiger partial charge in [0.1, 0.15) is 0 Å². The third-order valence-corrected chi connectivity index (χ3v) is 5.48. The minimum atomic E-state index is -3.45. The van der Waals surface area contributed by atoms with Gasteiger partial charge in [0, 0.05) is 29.4 Å². The van der Waals surface area contributed by atoms with Crippen molar-refractivity contribution >= 4 is 27.3 Å². The number of hydrogen-bond donors (Lipinski definition) is 3. The lowest BCUT2D eigenvalue weighted by Crippen LogP contribution is -2.38. The quantitative estimate of drug-likeness (QED) is 0.380. The Bertz CT molecular complexity index is 579. The highest BCUT2D eigenvalue weighted by Gasteiger charge is 2.18. The van der Waals surface area contributed by atoms with Gasteiger partial charge in [0.2, 0.25) is 10.0 Å². The van der Waals surface area contributed by atoms with Crippen LogP contribution in [0.4, 0.5) is 0 Å². The highest BCUT2D eigenvalue weighted by atomic mass is 32.2. The molecule has 1 aromatic rings. The molecular weight excluding hydrogens is 308 g/mol. The molecule has 0 saturated carbocycles. The van der Waals surface area contributed by atoms with Crippen LogP contribution >= 0.6 is 11.3 Å². The molecule has 0 aliphatic carbocycles. The Morgan fingerprint density at radius 1 is 1.38 bits per heavy atom. The zero-order valence-corrected chi connectivity index (χ0v) is 14.4. The number of hydrogen-bond acceptors (Lipinski definition) is 4. The minimum absolute atomic E-state index is 0.265. The largest absolute Gasteiger partial charge is 0.370 e. The van der Waals surface area contributed by atoms with E-state index in [1.807, 2.05) is 13.8 Å². The highest BCUT2D eigenvalue weighted by molar-refractivity contribution is 7.89. The number of aryl methyl sites for hydroxylation is 2. The molecule has 0 spiro atoms. The van der Waals surface area contributed by atoms with Gasteiger partial charge >= 0.3 is 0 Å². The maximum atomic E-state index is 12.1. The van der Waals surface area contributed by atoms with Gasteiger partial charge in [-0.3, -0.25) is 4.99 Å². The Kier molecular flexibility index (Phi) is 7.13. The Morgan fingerprint density at radius 2 is 2.10 bits per heavy atom. The fourth-order valence-electron chi connectivity index (χ4n) is 1.74. The van der Waals surface area contributed by atoms with Gasteiger partial charge in [0.05, 0.1) is 4.90 Å². The predicted octanol–water partition coefficient (Wildman–Crippen LogP) is 1.35. The molecule has 0 aromatic carbocycles. The summed E-state index contributed by atoms with van der Waals surface area (Å²) < 4.78 is 26.8. The van der Waals surface area contributed by atoms with Crippen molar-refractivity contribution in [2.45, 2.75) is 38.5 Å². The Morgan fingerprint density at radius 3 is 2.67 bits per heavy atom. The van der Waals surface area contributed by atoms with E-state index in [4.69, 9.17) is 5.73 Å². The lowest BCUT2D eigenvalue weighted by molar-refractivity contribution is 0.580. The van der Waals surface area contributed by atoms with Crippen molar-refractivity contribution in [3.63, 3.8) is 0 Å². The minimum Gasteiger partial charge on any atom is -0.370 e. The monoisotopic (exact) mass is 332 g/mol. The van der Waals surface area contributed by atoms with Crippen LogP contribution in [-0.2, 0) is 10.0 Å². The van der Waals surface area contributed by atoms with Crippen molar-refractivity contribution in [3.05, 3.63) is 15.8 Å². The van der Waals surface area contributed by atoms with Crippen LogP contribution < -0.4 is 15.8 Å². The summed E-state index contributed by atoms with van der Waals surface area (Å²) in [5, 5.41) is 2.89. The van der Waals surface area contributed by atoms with E-state index in [1.54, 1.807) is 6.07 Å². The van der Waals surface area contributed by atoms with Gasteiger partial charge in [0.25, 0.3) is 0 Å². The molecule has 1 aromatic heterocycles. The molecule has 6 nitrogen and oxygen atoms in total. The van der Waals surface area contributed by atoms with E-state index in [-0.39, 0.29) is 6.54 Å². The van der Waals surface area contributed by atoms with Gasteiger partial charge in [-0.15, -0.1) is 11.3 Å². The van der Waals surface area contributed by atoms with Gasteiger partial charge < -0.3 is 11.1 Å². The second-order valence-corrected chi connectivity index (χ2v) is 7.92. The second kappa shape index (κ2) is 8.35. The Hall–Kier alpha value is -1.12. The summed E-state index contributed by atoms with van der Waals surface area (Å²) in [7, 11) is -3.45. The van der Waals surface area contributed by atoms with Crippen LogP contribution in [0.25, 0.3) is 0 Å². The number of nitrogens with one attached hydrogen (secondary N) is 2. The molecule has 1 heterocycles. The van der Waals surface area contributed by atoms with Gasteiger partial charge in [-0.25, -0.2) is 13.1 Å². The number of guanidine groups is 1. The highest BCUT2D eigenvalue weighted by Crippen LogP contribution is 2.24. The first kappa shape index (κ1) is 17.9. The lowest BCUT2D eigenvalue weighted by atomic mass is 10.3. The number of thiophene rings is 1. The van der Waals surface area contributed by atoms with E-state index in [0.29, 0.717) is 23.9 Å². The summed E-state index contributed by atoms with van der Waals surface area (Å²) in [5.74, 6) is 0.352. The van der Waals surface area contributed by atoms with Crippen molar-refractivity contribution in [2.75, 3.05) is 19.6 Å². The molecule has 1 rings (SSSR count). The molecule has 0 aliphatic heterocycles. The number of nitrogens with zero attached hydrogens (tertiary/aromatic N) is 1. The van der Waals surface area contributed by atoms with Crippen molar-refractivity contribution in [2.24, 2.45) is 10.7 Å². The molecule has 0 saturated heterocycles. The molecule has 0 amide bonds. The molecular formula is C13H24N4O2S2. The molecule has 0 fully saturated rings. The zero-order chi connectivity index (χ0) is 15.9. The fraction of sp³-hybridized carbons (Fsp3) is 0.615. The topological polar surface area (TPSA) is 96.6 Å². The summed E-state index contributed by atoms with van der Waals surface area (Å²) in [5.41, 5.74) is 5.67. The summed E-state index contributed by atoms with van der Waals surface area (Å²) >= 11 is 1.48. The first-order chi connectivity index (χ1) is 9.86. The number of unbranched alkanes of at least 4 members (excludes halogenated alkanes) is 1. The average molecular weight is 332 g/mol. The SMILES string of the molecule is CCCCN=C(N)NCCNS(=O)(=O)c1cc(C)sc1C. The zero-order valence-electron chi connectivity index (χ0n) is 12.8. The molecule has 0 unspecified atom stereocenters. The molecule has 120 valence electrons. The molecule has 0 bridgehead atoms.